The fourth-order valence-corrected chi connectivity index (χ4v) is 21.1. The molecule has 8 heterocycles. The summed E-state index contributed by atoms with van der Waals surface area (Å²) in [5, 5.41) is 17.2. The molecule has 0 atom stereocenters. The SMILES string of the molecule is c1ccc(-c2nc(-c3ccc(-n4c5ccccc5c5ccc6c7ccccc7n(-c7ccccc7)c6c54)cc3)nc(-c3cccc(-c4ccc5c(c4)sc4ccccc45)c3)n2)cc1.c1ccc(-c2nc(-c3cccc(-n4c5ccccc5c5ccc6c7ccccc7n(-c7ccc8ccccc8c7)c6c54)c3)nc(-c3ccc4c(c3)sc3ccccc34)n2)cc1. The van der Waals surface area contributed by atoms with Gasteiger partial charge in [-0.2, -0.15) is 0 Å². The normalized spacial score (nSPS) is 11.9. The van der Waals surface area contributed by atoms with Crippen LogP contribution in [-0.2, 0) is 0 Å². The van der Waals surface area contributed by atoms with Crippen LogP contribution in [-0.4, -0.2) is 48.2 Å². The van der Waals surface area contributed by atoms with E-state index in [2.05, 4.69) is 394 Å². The molecule has 0 bridgehead atoms. The van der Waals surface area contributed by atoms with Crippen molar-refractivity contribution in [2.45, 2.75) is 0 Å². The minimum atomic E-state index is 0.622. The second kappa shape index (κ2) is 28.8. The van der Waals surface area contributed by atoms with Crippen LogP contribution in [0, 0.1) is 0 Å². The maximum absolute atomic E-state index is 5.23. The Bertz CT molecular complexity index is 8820. The fraction of sp³-hybridized carbons (Fsp3) is 0. The minimum Gasteiger partial charge on any atom is -0.307 e. The van der Waals surface area contributed by atoms with Crippen molar-refractivity contribution in [2.75, 3.05) is 0 Å². The van der Waals surface area contributed by atoms with Gasteiger partial charge in [-0.1, -0.05) is 297 Å². The smallest absolute Gasteiger partial charge is 0.164 e. The van der Waals surface area contributed by atoms with Crippen LogP contribution < -0.4 is 0 Å². The van der Waals surface area contributed by atoms with E-state index in [-0.39, 0.29) is 0 Å². The Morgan fingerprint density at radius 3 is 0.919 bits per heavy atom. The van der Waals surface area contributed by atoms with Crippen LogP contribution in [0.2, 0.25) is 0 Å². The van der Waals surface area contributed by atoms with E-state index < -0.39 is 0 Å². The van der Waals surface area contributed by atoms with Crippen LogP contribution in [0.25, 0.3) is 241 Å². The molecule has 0 N–H and O–H groups in total. The second-order valence-electron chi connectivity index (χ2n) is 31.6. The summed E-state index contributed by atoms with van der Waals surface area (Å²) in [6.07, 6.45) is 0. The molecule has 0 unspecified atom stereocenters. The molecule has 18 aromatic carbocycles. The molecule has 0 aliphatic heterocycles. The number of nitrogens with zero attached hydrogens (tertiary/aromatic N) is 10. The molecule has 0 aliphatic rings. The Hall–Kier alpha value is -16.1. The average molecular weight is 1620 g/mol. The highest BCUT2D eigenvalue weighted by Gasteiger charge is 2.26. The molecule has 10 nitrogen and oxygen atoms in total. The van der Waals surface area contributed by atoms with Gasteiger partial charge in [-0.25, -0.2) is 29.9 Å². The number of benzene rings is 18. The monoisotopic (exact) mass is 1620 g/mol. The highest BCUT2D eigenvalue weighted by molar-refractivity contribution is 7.26. The van der Waals surface area contributed by atoms with E-state index in [0.717, 1.165) is 83.8 Å². The zero-order valence-corrected chi connectivity index (χ0v) is 68.2. The quantitative estimate of drug-likeness (QED) is 0.128. The van der Waals surface area contributed by atoms with Crippen molar-refractivity contribution in [1.29, 1.82) is 0 Å². The lowest BCUT2D eigenvalue weighted by atomic mass is 10.0. The molecule has 578 valence electrons. The summed E-state index contributed by atoms with van der Waals surface area (Å²) in [6, 6.07) is 147. The first-order valence-corrected chi connectivity index (χ1v) is 43.3. The van der Waals surface area contributed by atoms with E-state index in [4.69, 9.17) is 29.9 Å². The molecular weight excluding hydrogens is 1550 g/mol. The van der Waals surface area contributed by atoms with Gasteiger partial charge in [-0.15, -0.1) is 22.7 Å². The first-order chi connectivity index (χ1) is 61.5. The number of aromatic nitrogens is 10. The number of hydrogen-bond donors (Lipinski definition) is 0. The van der Waals surface area contributed by atoms with Crippen LogP contribution >= 0.6 is 22.7 Å². The largest absolute Gasteiger partial charge is 0.307 e. The zero-order chi connectivity index (χ0) is 81.5. The van der Waals surface area contributed by atoms with E-state index >= 15 is 0 Å². The van der Waals surface area contributed by atoms with E-state index in [1.807, 2.05) is 47.7 Å². The summed E-state index contributed by atoms with van der Waals surface area (Å²) in [7, 11) is 0. The number of para-hydroxylation sites is 5. The van der Waals surface area contributed by atoms with Crippen LogP contribution in [0.5, 0.6) is 0 Å². The Balaban J connectivity index is 0.000000136. The highest BCUT2D eigenvalue weighted by Crippen LogP contribution is 2.47. The molecular formula is C112H68N10S2. The third kappa shape index (κ3) is 11.7. The summed E-state index contributed by atoms with van der Waals surface area (Å²) in [4.78, 5) is 30.9. The van der Waals surface area contributed by atoms with Crippen LogP contribution in [0.3, 0.4) is 0 Å². The van der Waals surface area contributed by atoms with Gasteiger partial charge in [0.05, 0.1) is 44.1 Å². The lowest BCUT2D eigenvalue weighted by Crippen LogP contribution is -2.01. The standard InChI is InChI=1S/C57H35N5S.C55H33N5S/c1-3-14-36(15-4-1)55-58-56(60-57(59-55)40-17-13-16-38(34-40)39-28-31-46-45-22-9-12-25-51(45)63-52(46)35-39)37-26-29-42(30-27-37)62-50-24-11-8-21-44(50)48-33-32-47-43-20-7-10-23-49(43)61(53(47)54(48)62)41-18-5-2-6-19-41;1-2-14-35(15-3-1)53-56-54(58-55(57-53)38-26-28-44-43-21-8-11-24-49(43)61-50(44)33-38)37-17-12-18-39(32-37)59-47-22-9-6-19-41(47)45-29-30-46-42-20-7-10-23-48(42)60(52(46)51(45)59)40-27-25-34-13-4-5-16-36(34)31-40/h1-35H;1-33H. The average Bonchev–Trinajstić information content (AvgIpc) is 1.55. The van der Waals surface area contributed by atoms with Gasteiger partial charge < -0.3 is 18.3 Å². The summed E-state index contributed by atoms with van der Waals surface area (Å²) >= 11 is 3.64. The van der Waals surface area contributed by atoms with Gasteiger partial charge in [0.2, 0.25) is 0 Å². The third-order valence-corrected chi connectivity index (χ3v) is 26.8. The Morgan fingerprint density at radius 2 is 0.435 bits per heavy atom. The second-order valence-corrected chi connectivity index (χ2v) is 33.8. The molecule has 26 rings (SSSR count). The Labute approximate surface area is 718 Å². The predicted octanol–water partition coefficient (Wildman–Crippen LogP) is 29.7. The molecule has 8 aromatic heterocycles. The van der Waals surface area contributed by atoms with E-state index in [9.17, 15) is 0 Å². The molecule has 0 saturated heterocycles. The van der Waals surface area contributed by atoms with Crippen molar-refractivity contribution >= 4 is 161 Å². The summed E-state index contributed by atoms with van der Waals surface area (Å²) in [5.74, 6) is 3.80. The number of thiophene rings is 2. The van der Waals surface area contributed by atoms with Gasteiger partial charge in [-0.3, -0.25) is 0 Å². The number of rotatable bonds is 11. The van der Waals surface area contributed by atoms with Crippen molar-refractivity contribution in [1.82, 2.24) is 48.2 Å². The van der Waals surface area contributed by atoms with Crippen molar-refractivity contribution in [3.8, 4) is 102 Å². The first-order valence-electron chi connectivity index (χ1n) is 41.7. The molecule has 26 aromatic rings. The van der Waals surface area contributed by atoms with Crippen molar-refractivity contribution in [3.63, 3.8) is 0 Å². The molecule has 0 aliphatic carbocycles. The van der Waals surface area contributed by atoms with E-state index in [1.165, 1.54) is 122 Å². The van der Waals surface area contributed by atoms with Gasteiger partial charge >= 0.3 is 0 Å². The molecule has 0 amide bonds. The fourth-order valence-electron chi connectivity index (χ4n) is 18.8. The summed E-state index contributed by atoms with van der Waals surface area (Å²) < 4.78 is 14.8. The Kier molecular flexibility index (Phi) is 16.5. The van der Waals surface area contributed by atoms with Crippen LogP contribution in [0.15, 0.2) is 413 Å². The first kappa shape index (κ1) is 70.9. The molecule has 0 fully saturated rings. The van der Waals surface area contributed by atoms with Gasteiger partial charge in [0, 0.05) is 140 Å². The van der Waals surface area contributed by atoms with E-state index in [0.29, 0.717) is 34.9 Å². The van der Waals surface area contributed by atoms with Gasteiger partial charge in [0.25, 0.3) is 0 Å². The number of fused-ring (bicyclic) bond motifs is 21. The summed E-state index contributed by atoms with van der Waals surface area (Å²) in [5.41, 5.74) is 21.5. The third-order valence-electron chi connectivity index (χ3n) is 24.5. The van der Waals surface area contributed by atoms with E-state index in [1.54, 1.807) is 11.3 Å². The maximum atomic E-state index is 5.23. The zero-order valence-electron chi connectivity index (χ0n) is 66.5. The van der Waals surface area contributed by atoms with Crippen molar-refractivity contribution in [3.05, 3.63) is 413 Å². The summed E-state index contributed by atoms with van der Waals surface area (Å²) in [6.45, 7) is 0. The molecule has 12 heteroatoms. The minimum absolute atomic E-state index is 0.622. The molecule has 124 heavy (non-hydrogen) atoms. The number of hydrogen-bond acceptors (Lipinski definition) is 8. The topological polar surface area (TPSA) is 97.1 Å². The Morgan fingerprint density at radius 1 is 0.153 bits per heavy atom. The molecule has 0 spiro atoms. The van der Waals surface area contributed by atoms with Crippen molar-refractivity contribution < 1.29 is 0 Å². The van der Waals surface area contributed by atoms with Gasteiger partial charge in [0.15, 0.2) is 34.9 Å². The van der Waals surface area contributed by atoms with Gasteiger partial charge in [-0.05, 0) is 137 Å². The maximum Gasteiger partial charge on any atom is 0.164 e. The highest BCUT2D eigenvalue weighted by atomic mass is 32.1. The van der Waals surface area contributed by atoms with Gasteiger partial charge in [0.1, 0.15) is 0 Å². The molecule has 0 saturated carbocycles. The predicted molar refractivity (Wildman–Crippen MR) is 518 cm³/mol. The molecule has 0 radical (unpaired) electrons. The van der Waals surface area contributed by atoms with Crippen molar-refractivity contribution in [2.24, 2.45) is 0 Å². The van der Waals surface area contributed by atoms with Crippen LogP contribution in [0.4, 0.5) is 0 Å². The van der Waals surface area contributed by atoms with Crippen LogP contribution in [0.1, 0.15) is 0 Å². The lowest BCUT2D eigenvalue weighted by Gasteiger charge is -2.14. The lowest BCUT2D eigenvalue weighted by molar-refractivity contribution is 1.07.